The molecule has 0 bridgehead atoms. The van der Waals surface area contributed by atoms with Gasteiger partial charge in [0, 0.05) is 11.5 Å². The molecule has 2 aromatic carbocycles. The molecule has 3 rings (SSSR count). The van der Waals surface area contributed by atoms with Gasteiger partial charge in [-0.25, -0.2) is 4.79 Å². The van der Waals surface area contributed by atoms with Crippen LogP contribution in [0.1, 0.15) is 37.1 Å². The molecule has 0 unspecified atom stereocenters. The number of amides is 1. The largest absolute Gasteiger partial charge is 0.464 e. The SMILES string of the molecule is C=C1C(=O)N([C@H](C(=O)OCC)c2ccccc2)[C@H](c2ccccc2)[C@H]1C. The summed E-state index contributed by atoms with van der Waals surface area (Å²) in [5, 5.41) is 0. The Labute approximate surface area is 154 Å². The molecule has 134 valence electrons. The van der Waals surface area contributed by atoms with E-state index in [9.17, 15) is 9.59 Å². The van der Waals surface area contributed by atoms with Gasteiger partial charge in [0.2, 0.25) is 0 Å². The van der Waals surface area contributed by atoms with Gasteiger partial charge in [-0.2, -0.15) is 0 Å². The third kappa shape index (κ3) is 3.15. The summed E-state index contributed by atoms with van der Waals surface area (Å²) >= 11 is 0. The lowest BCUT2D eigenvalue weighted by molar-refractivity contribution is -0.154. The zero-order valence-electron chi connectivity index (χ0n) is 15.1. The van der Waals surface area contributed by atoms with Gasteiger partial charge in [-0.05, 0) is 18.1 Å². The fourth-order valence-corrected chi connectivity index (χ4v) is 3.56. The van der Waals surface area contributed by atoms with E-state index in [1.807, 2.05) is 67.6 Å². The van der Waals surface area contributed by atoms with Crippen molar-refractivity contribution in [1.82, 2.24) is 4.90 Å². The lowest BCUT2D eigenvalue weighted by Crippen LogP contribution is -2.38. The molecule has 3 atom stereocenters. The van der Waals surface area contributed by atoms with Crippen LogP contribution < -0.4 is 0 Å². The number of esters is 1. The molecule has 0 aliphatic carbocycles. The number of ether oxygens (including phenoxy) is 1. The van der Waals surface area contributed by atoms with Gasteiger partial charge in [-0.15, -0.1) is 0 Å². The Bertz CT molecular complexity index is 801. The van der Waals surface area contributed by atoms with Gasteiger partial charge >= 0.3 is 5.97 Å². The van der Waals surface area contributed by atoms with Crippen LogP contribution in [0.4, 0.5) is 0 Å². The highest BCUT2D eigenvalue weighted by Gasteiger charge is 2.47. The fourth-order valence-electron chi connectivity index (χ4n) is 3.56. The summed E-state index contributed by atoms with van der Waals surface area (Å²) in [5.41, 5.74) is 2.24. The molecule has 0 radical (unpaired) electrons. The minimum Gasteiger partial charge on any atom is -0.464 e. The second-order valence-electron chi connectivity index (χ2n) is 6.45. The topological polar surface area (TPSA) is 46.6 Å². The number of benzene rings is 2. The Kier molecular flexibility index (Phi) is 5.21. The molecule has 4 heteroatoms. The molecule has 0 saturated carbocycles. The van der Waals surface area contributed by atoms with Crippen molar-refractivity contribution in [1.29, 1.82) is 0 Å². The average Bonchev–Trinajstić information content (AvgIpc) is 2.88. The lowest BCUT2D eigenvalue weighted by Gasteiger charge is -2.33. The van der Waals surface area contributed by atoms with Gasteiger partial charge in [0.05, 0.1) is 12.6 Å². The minimum atomic E-state index is -0.796. The third-order valence-electron chi connectivity index (χ3n) is 4.88. The van der Waals surface area contributed by atoms with Gasteiger partial charge in [0.1, 0.15) is 0 Å². The van der Waals surface area contributed by atoms with E-state index < -0.39 is 12.0 Å². The Morgan fingerprint density at radius 3 is 2.27 bits per heavy atom. The number of rotatable bonds is 5. The molecule has 0 spiro atoms. The van der Waals surface area contributed by atoms with E-state index in [0.717, 1.165) is 11.1 Å². The summed E-state index contributed by atoms with van der Waals surface area (Å²) in [4.78, 5) is 27.5. The average molecular weight is 349 g/mol. The highest BCUT2D eigenvalue weighted by Crippen LogP contribution is 2.45. The monoisotopic (exact) mass is 349 g/mol. The van der Waals surface area contributed by atoms with Crippen LogP contribution in [0.3, 0.4) is 0 Å². The van der Waals surface area contributed by atoms with Crippen molar-refractivity contribution in [2.75, 3.05) is 6.61 Å². The van der Waals surface area contributed by atoms with Crippen LogP contribution in [0.2, 0.25) is 0 Å². The summed E-state index contributed by atoms with van der Waals surface area (Å²) in [6.07, 6.45) is 0. The summed E-state index contributed by atoms with van der Waals surface area (Å²) < 4.78 is 5.31. The smallest absolute Gasteiger partial charge is 0.333 e. The standard InChI is InChI=1S/C22H23NO3/c1-4-26-22(25)20(18-13-9-6-10-14-18)23-19(15(2)16(3)21(23)24)17-11-7-5-8-12-17/h5-15,19-20H,3-4H2,1-2H3/t15-,19-,20-/m0/s1. The van der Waals surface area contributed by atoms with Crippen LogP contribution in [0.25, 0.3) is 0 Å². The number of carbonyl (C=O) groups excluding carboxylic acids is 2. The van der Waals surface area contributed by atoms with Crippen LogP contribution in [-0.2, 0) is 14.3 Å². The zero-order valence-corrected chi connectivity index (χ0v) is 15.1. The van der Waals surface area contributed by atoms with Gasteiger partial charge in [0.15, 0.2) is 6.04 Å². The van der Waals surface area contributed by atoms with Crippen molar-refractivity contribution in [2.45, 2.75) is 25.9 Å². The first-order chi connectivity index (χ1) is 12.6. The molecule has 0 aromatic heterocycles. The molecule has 1 amide bonds. The lowest BCUT2D eigenvalue weighted by atomic mass is 9.92. The predicted octanol–water partition coefficient (Wildman–Crippen LogP) is 4.07. The Balaban J connectivity index is 2.11. The maximum Gasteiger partial charge on any atom is 0.333 e. The Hall–Kier alpha value is -2.88. The number of likely N-dealkylation sites (tertiary alicyclic amines) is 1. The van der Waals surface area contributed by atoms with Gasteiger partial charge in [0.25, 0.3) is 5.91 Å². The van der Waals surface area contributed by atoms with Crippen molar-refractivity contribution >= 4 is 11.9 Å². The second kappa shape index (κ2) is 7.56. The van der Waals surface area contributed by atoms with E-state index >= 15 is 0 Å². The van der Waals surface area contributed by atoms with E-state index in [-0.39, 0.29) is 24.5 Å². The van der Waals surface area contributed by atoms with Crippen molar-refractivity contribution < 1.29 is 14.3 Å². The molecule has 0 N–H and O–H groups in total. The van der Waals surface area contributed by atoms with Crippen LogP contribution >= 0.6 is 0 Å². The highest BCUT2D eigenvalue weighted by molar-refractivity contribution is 5.99. The fraction of sp³-hybridized carbons (Fsp3) is 0.273. The first-order valence-electron chi connectivity index (χ1n) is 8.84. The van der Waals surface area contributed by atoms with E-state index in [1.54, 1.807) is 11.8 Å². The number of nitrogens with zero attached hydrogens (tertiary/aromatic N) is 1. The number of carbonyl (C=O) groups is 2. The van der Waals surface area contributed by atoms with E-state index in [4.69, 9.17) is 4.74 Å². The van der Waals surface area contributed by atoms with Crippen LogP contribution in [0.15, 0.2) is 72.8 Å². The summed E-state index contributed by atoms with van der Waals surface area (Å²) in [7, 11) is 0. The molecular formula is C22H23NO3. The van der Waals surface area contributed by atoms with Crippen molar-refractivity contribution in [3.63, 3.8) is 0 Å². The van der Waals surface area contributed by atoms with Crippen molar-refractivity contribution in [3.05, 3.63) is 83.9 Å². The highest BCUT2D eigenvalue weighted by atomic mass is 16.5. The molecule has 1 heterocycles. The minimum absolute atomic E-state index is 0.0921. The molecule has 4 nitrogen and oxygen atoms in total. The Morgan fingerprint density at radius 2 is 1.69 bits per heavy atom. The number of hydrogen-bond acceptors (Lipinski definition) is 3. The maximum absolute atomic E-state index is 13.0. The number of hydrogen-bond donors (Lipinski definition) is 0. The predicted molar refractivity (Wildman–Crippen MR) is 100 cm³/mol. The molecule has 1 saturated heterocycles. The maximum atomic E-state index is 13.0. The van der Waals surface area contributed by atoms with Crippen LogP contribution in [0, 0.1) is 5.92 Å². The normalized spacial score (nSPS) is 20.9. The van der Waals surface area contributed by atoms with Crippen molar-refractivity contribution in [3.8, 4) is 0 Å². The summed E-state index contributed by atoms with van der Waals surface area (Å²) in [6, 6.07) is 18.0. The van der Waals surface area contributed by atoms with Gasteiger partial charge in [-0.3, -0.25) is 4.79 Å². The van der Waals surface area contributed by atoms with Crippen LogP contribution in [-0.4, -0.2) is 23.4 Å². The summed E-state index contributed by atoms with van der Waals surface area (Å²) in [6.45, 7) is 7.98. The van der Waals surface area contributed by atoms with Gasteiger partial charge in [-0.1, -0.05) is 74.2 Å². The molecule has 1 aliphatic rings. The zero-order chi connectivity index (χ0) is 18.7. The Morgan fingerprint density at radius 1 is 1.12 bits per heavy atom. The quantitative estimate of drug-likeness (QED) is 0.604. The third-order valence-corrected chi connectivity index (χ3v) is 4.88. The molecule has 1 fully saturated rings. The van der Waals surface area contributed by atoms with Crippen molar-refractivity contribution in [2.24, 2.45) is 5.92 Å². The van der Waals surface area contributed by atoms with E-state index in [1.165, 1.54) is 0 Å². The molecule has 1 aliphatic heterocycles. The molecule has 2 aromatic rings. The molecular weight excluding hydrogens is 326 g/mol. The van der Waals surface area contributed by atoms with E-state index in [2.05, 4.69) is 6.58 Å². The van der Waals surface area contributed by atoms with Crippen LogP contribution in [0.5, 0.6) is 0 Å². The van der Waals surface area contributed by atoms with Gasteiger partial charge < -0.3 is 9.64 Å². The second-order valence-corrected chi connectivity index (χ2v) is 6.45. The first kappa shape index (κ1) is 17.9. The summed E-state index contributed by atoms with van der Waals surface area (Å²) in [5.74, 6) is -0.714. The van der Waals surface area contributed by atoms with E-state index in [0.29, 0.717) is 5.57 Å². The first-order valence-corrected chi connectivity index (χ1v) is 8.84. The molecule has 26 heavy (non-hydrogen) atoms.